The summed E-state index contributed by atoms with van der Waals surface area (Å²) in [6.07, 6.45) is 1.98. The highest BCUT2D eigenvalue weighted by Crippen LogP contribution is 2.25. The van der Waals surface area contributed by atoms with Crippen molar-refractivity contribution >= 4 is 48.4 Å². The van der Waals surface area contributed by atoms with Crippen LogP contribution in [0.4, 0.5) is 0 Å². The second-order valence-corrected chi connectivity index (χ2v) is 4.96. The molecule has 1 aromatic carbocycles. The summed E-state index contributed by atoms with van der Waals surface area (Å²) in [5.74, 6) is 0. The summed E-state index contributed by atoms with van der Waals surface area (Å²) in [5.41, 5.74) is 2.10. The molecule has 0 bridgehead atoms. The number of fused-ring (bicyclic) bond motifs is 3. The van der Waals surface area contributed by atoms with Crippen molar-refractivity contribution < 1.29 is 0 Å². The quantitative estimate of drug-likeness (QED) is 0.610. The van der Waals surface area contributed by atoms with Crippen LogP contribution in [-0.4, -0.2) is 9.38 Å². The Morgan fingerprint density at radius 3 is 2.80 bits per heavy atom. The van der Waals surface area contributed by atoms with Gasteiger partial charge in [0.25, 0.3) is 0 Å². The second-order valence-electron chi connectivity index (χ2n) is 3.30. The van der Waals surface area contributed by atoms with Crippen LogP contribution >= 0.6 is 31.9 Å². The van der Waals surface area contributed by atoms with Gasteiger partial charge < -0.3 is 0 Å². The Morgan fingerprint density at radius 1 is 1.07 bits per heavy atom. The molecule has 2 heterocycles. The highest BCUT2D eigenvalue weighted by molar-refractivity contribution is 9.10. The molecule has 3 rings (SSSR count). The molecule has 0 aliphatic rings. The molecule has 15 heavy (non-hydrogen) atoms. The summed E-state index contributed by atoms with van der Waals surface area (Å²) in [5, 5.41) is 1.19. The average molecular weight is 326 g/mol. The number of nitrogens with zero attached hydrogens (tertiary/aromatic N) is 2. The Labute approximate surface area is 103 Å². The van der Waals surface area contributed by atoms with Crippen LogP contribution in [0, 0.1) is 0 Å². The van der Waals surface area contributed by atoms with Gasteiger partial charge in [-0.1, -0.05) is 22.0 Å². The van der Waals surface area contributed by atoms with Crippen molar-refractivity contribution in [2.75, 3.05) is 0 Å². The van der Waals surface area contributed by atoms with Crippen molar-refractivity contribution in [3.63, 3.8) is 0 Å². The number of pyridine rings is 1. The first-order chi connectivity index (χ1) is 7.25. The number of hydrogen-bond acceptors (Lipinski definition) is 1. The first-order valence-electron chi connectivity index (χ1n) is 4.47. The molecule has 2 aromatic heterocycles. The molecule has 0 saturated carbocycles. The molecule has 0 N–H and O–H groups in total. The van der Waals surface area contributed by atoms with Gasteiger partial charge in [-0.2, -0.15) is 0 Å². The van der Waals surface area contributed by atoms with Crippen molar-refractivity contribution in [2.45, 2.75) is 0 Å². The number of halogens is 2. The largest absolute Gasteiger partial charge is 0.298 e. The zero-order valence-corrected chi connectivity index (χ0v) is 10.8. The van der Waals surface area contributed by atoms with Crippen LogP contribution in [0.15, 0.2) is 45.6 Å². The SMILES string of the molecule is Brc1cn2c(ccc3c(Br)cccc32)n1. The van der Waals surface area contributed by atoms with Crippen LogP contribution in [0.3, 0.4) is 0 Å². The minimum Gasteiger partial charge on any atom is -0.298 e. The molecule has 4 heteroatoms. The zero-order chi connectivity index (χ0) is 10.4. The summed E-state index contributed by atoms with van der Waals surface area (Å²) < 4.78 is 4.03. The summed E-state index contributed by atoms with van der Waals surface area (Å²) in [7, 11) is 0. The molecule has 0 radical (unpaired) electrons. The maximum absolute atomic E-state index is 4.36. The Bertz CT molecular complexity index is 658. The fraction of sp³-hybridized carbons (Fsp3) is 0. The van der Waals surface area contributed by atoms with E-state index >= 15 is 0 Å². The van der Waals surface area contributed by atoms with Crippen molar-refractivity contribution in [3.8, 4) is 0 Å². The first kappa shape index (κ1) is 9.36. The van der Waals surface area contributed by atoms with Crippen LogP contribution < -0.4 is 0 Å². The minimum absolute atomic E-state index is 0.856. The molecule has 0 amide bonds. The number of benzene rings is 1. The zero-order valence-electron chi connectivity index (χ0n) is 7.61. The van der Waals surface area contributed by atoms with E-state index in [0.717, 1.165) is 20.2 Å². The third kappa shape index (κ3) is 1.40. The molecule has 0 fully saturated rings. The molecule has 2 nitrogen and oxygen atoms in total. The van der Waals surface area contributed by atoms with Crippen molar-refractivity contribution in [1.82, 2.24) is 9.38 Å². The van der Waals surface area contributed by atoms with Crippen LogP contribution in [-0.2, 0) is 0 Å². The lowest BCUT2D eigenvalue weighted by molar-refractivity contribution is 1.25. The Balaban J connectivity index is 2.59. The molecule has 0 aliphatic carbocycles. The van der Waals surface area contributed by atoms with Gasteiger partial charge >= 0.3 is 0 Å². The van der Waals surface area contributed by atoms with E-state index < -0.39 is 0 Å². The standard InChI is InChI=1S/C11H6Br2N2/c12-8-2-1-3-9-7(8)4-5-11-14-10(13)6-15(9)11/h1-6H. The molecular formula is C11H6Br2N2. The van der Waals surface area contributed by atoms with E-state index in [1.165, 1.54) is 5.39 Å². The topological polar surface area (TPSA) is 17.3 Å². The predicted octanol–water partition coefficient (Wildman–Crippen LogP) is 4.01. The van der Waals surface area contributed by atoms with Crippen LogP contribution in [0.2, 0.25) is 0 Å². The van der Waals surface area contributed by atoms with Gasteiger partial charge in [0.15, 0.2) is 0 Å². The maximum atomic E-state index is 4.36. The lowest BCUT2D eigenvalue weighted by Crippen LogP contribution is -1.86. The first-order valence-corrected chi connectivity index (χ1v) is 6.06. The lowest BCUT2D eigenvalue weighted by atomic mass is 10.2. The van der Waals surface area contributed by atoms with Gasteiger partial charge in [0.2, 0.25) is 0 Å². The number of imidazole rings is 1. The van der Waals surface area contributed by atoms with E-state index in [1.54, 1.807) is 0 Å². The Morgan fingerprint density at radius 2 is 1.93 bits per heavy atom. The van der Waals surface area contributed by atoms with E-state index in [1.807, 2.05) is 24.4 Å². The normalized spacial score (nSPS) is 11.3. The highest BCUT2D eigenvalue weighted by atomic mass is 79.9. The Hall–Kier alpha value is -0.870. The van der Waals surface area contributed by atoms with Crippen molar-refractivity contribution in [3.05, 3.63) is 45.6 Å². The summed E-state index contributed by atoms with van der Waals surface area (Å²) in [4.78, 5) is 4.36. The van der Waals surface area contributed by atoms with Crippen molar-refractivity contribution in [2.24, 2.45) is 0 Å². The number of aromatic nitrogens is 2. The van der Waals surface area contributed by atoms with Gasteiger partial charge in [-0.25, -0.2) is 4.98 Å². The van der Waals surface area contributed by atoms with Gasteiger partial charge in [-0.15, -0.1) is 0 Å². The molecule has 3 aromatic rings. The molecule has 74 valence electrons. The smallest absolute Gasteiger partial charge is 0.138 e. The van der Waals surface area contributed by atoms with Crippen LogP contribution in [0.5, 0.6) is 0 Å². The van der Waals surface area contributed by atoms with E-state index in [-0.39, 0.29) is 0 Å². The average Bonchev–Trinajstić information content (AvgIpc) is 2.59. The fourth-order valence-corrected chi connectivity index (χ4v) is 2.61. The van der Waals surface area contributed by atoms with E-state index in [9.17, 15) is 0 Å². The predicted molar refractivity (Wildman–Crippen MR) is 68.1 cm³/mol. The lowest BCUT2D eigenvalue weighted by Gasteiger charge is -2.02. The number of hydrogen-bond donors (Lipinski definition) is 0. The molecule has 0 atom stereocenters. The molecule has 0 spiro atoms. The third-order valence-corrected chi connectivity index (χ3v) is 3.47. The second kappa shape index (κ2) is 3.32. The van der Waals surface area contributed by atoms with Gasteiger partial charge in [0.05, 0.1) is 5.52 Å². The molecule has 0 aliphatic heterocycles. The summed E-state index contributed by atoms with van der Waals surface area (Å²) in [6.45, 7) is 0. The van der Waals surface area contributed by atoms with Gasteiger partial charge in [0.1, 0.15) is 10.3 Å². The van der Waals surface area contributed by atoms with Crippen molar-refractivity contribution in [1.29, 1.82) is 0 Å². The van der Waals surface area contributed by atoms with Gasteiger partial charge in [-0.3, -0.25) is 4.40 Å². The van der Waals surface area contributed by atoms with E-state index in [2.05, 4.69) is 53.4 Å². The number of rotatable bonds is 0. The van der Waals surface area contributed by atoms with Gasteiger partial charge in [-0.05, 0) is 40.2 Å². The third-order valence-electron chi connectivity index (χ3n) is 2.39. The van der Waals surface area contributed by atoms with E-state index in [4.69, 9.17) is 0 Å². The summed E-state index contributed by atoms with van der Waals surface area (Å²) >= 11 is 6.93. The van der Waals surface area contributed by atoms with Crippen LogP contribution in [0.25, 0.3) is 16.6 Å². The fourth-order valence-electron chi connectivity index (χ4n) is 1.73. The highest BCUT2D eigenvalue weighted by Gasteiger charge is 2.04. The monoisotopic (exact) mass is 324 g/mol. The minimum atomic E-state index is 0.856. The van der Waals surface area contributed by atoms with Crippen LogP contribution in [0.1, 0.15) is 0 Å². The molecule has 0 unspecified atom stereocenters. The van der Waals surface area contributed by atoms with E-state index in [0.29, 0.717) is 0 Å². The van der Waals surface area contributed by atoms with Gasteiger partial charge in [0, 0.05) is 16.1 Å². The molecule has 0 saturated heterocycles. The maximum Gasteiger partial charge on any atom is 0.138 e. The Kier molecular flexibility index (Phi) is 2.07. The summed E-state index contributed by atoms with van der Waals surface area (Å²) in [6, 6.07) is 10.2. The molecular weight excluding hydrogens is 320 g/mol.